The Bertz CT molecular complexity index is 679. The molecule has 1 fully saturated rings. The van der Waals surface area contributed by atoms with Crippen LogP contribution in [0.25, 0.3) is 6.08 Å². The first-order chi connectivity index (χ1) is 11.3. The van der Waals surface area contributed by atoms with Crippen LogP contribution < -0.4 is 9.47 Å². The maximum Gasteiger partial charge on any atom is 0.492 e. The summed E-state index contributed by atoms with van der Waals surface area (Å²) < 4.78 is 22.6. The molecule has 0 aromatic heterocycles. The summed E-state index contributed by atoms with van der Waals surface area (Å²) in [4.78, 5) is 11.4. The van der Waals surface area contributed by atoms with E-state index >= 15 is 0 Å². The number of ether oxygens (including phenoxy) is 2. The molecule has 1 saturated heterocycles. The summed E-state index contributed by atoms with van der Waals surface area (Å²) in [7, 11) is -0.676. The van der Waals surface area contributed by atoms with Gasteiger partial charge in [0.15, 0.2) is 17.8 Å². The summed E-state index contributed by atoms with van der Waals surface area (Å²) >= 11 is 0. The molecule has 24 heavy (non-hydrogen) atoms. The van der Waals surface area contributed by atoms with Crippen LogP contribution in [0, 0.1) is 0 Å². The molecule has 2 aliphatic rings. The van der Waals surface area contributed by atoms with Gasteiger partial charge in [-0.3, -0.25) is 4.79 Å². The van der Waals surface area contributed by atoms with E-state index in [1.807, 2.05) is 27.7 Å². The molecule has 0 aliphatic carbocycles. The van der Waals surface area contributed by atoms with Gasteiger partial charge in [-0.05, 0) is 50.9 Å². The van der Waals surface area contributed by atoms with Crippen molar-refractivity contribution in [3.63, 3.8) is 0 Å². The minimum Gasteiger partial charge on any atom is -0.454 e. The van der Waals surface area contributed by atoms with Crippen LogP contribution in [-0.4, -0.2) is 43.1 Å². The van der Waals surface area contributed by atoms with Crippen molar-refractivity contribution in [1.29, 1.82) is 0 Å². The fourth-order valence-corrected chi connectivity index (χ4v) is 2.58. The van der Waals surface area contributed by atoms with Gasteiger partial charge in [0.05, 0.1) is 17.8 Å². The zero-order valence-corrected chi connectivity index (χ0v) is 14.3. The molecule has 1 aromatic rings. The number of benzene rings is 1. The molecule has 0 unspecified atom stereocenters. The molecule has 0 amide bonds. The standard InChI is InChI=1S/C17H21BO6/c1-16(2)17(3,4)24-18(23-16)13(9-20)5-11-6-14-15(22-10-21-14)7-12(11)8-19/h5-8,20H,9-10H2,1-4H3. The van der Waals surface area contributed by atoms with Crippen molar-refractivity contribution in [3.8, 4) is 11.5 Å². The lowest BCUT2D eigenvalue weighted by Crippen LogP contribution is -2.41. The van der Waals surface area contributed by atoms with Gasteiger partial charge in [0.1, 0.15) is 0 Å². The number of hydrogen-bond donors (Lipinski definition) is 1. The van der Waals surface area contributed by atoms with E-state index in [9.17, 15) is 9.90 Å². The average molecular weight is 332 g/mol. The summed E-state index contributed by atoms with van der Waals surface area (Å²) in [5.74, 6) is 1.11. The number of carbonyl (C=O) groups excluding carboxylic acids is 1. The summed E-state index contributed by atoms with van der Waals surface area (Å²) in [6, 6.07) is 3.34. The number of aldehydes is 1. The maximum absolute atomic E-state index is 11.4. The van der Waals surface area contributed by atoms with Gasteiger partial charge in [0, 0.05) is 5.56 Å². The van der Waals surface area contributed by atoms with Gasteiger partial charge in [0.25, 0.3) is 0 Å². The molecular formula is C17H21BO6. The SMILES string of the molecule is CC1(C)OB(C(=Cc2cc3c(cc2C=O)OCO3)CO)OC1(C)C. The molecule has 0 atom stereocenters. The van der Waals surface area contributed by atoms with Gasteiger partial charge in [0.2, 0.25) is 6.79 Å². The van der Waals surface area contributed by atoms with Crippen LogP contribution in [0.15, 0.2) is 17.6 Å². The number of carbonyl (C=O) groups is 1. The van der Waals surface area contributed by atoms with Gasteiger partial charge in [-0.25, -0.2) is 0 Å². The predicted molar refractivity (Wildman–Crippen MR) is 89.1 cm³/mol. The Kier molecular flexibility index (Phi) is 4.19. The van der Waals surface area contributed by atoms with E-state index in [1.54, 1.807) is 18.2 Å². The van der Waals surface area contributed by atoms with E-state index in [0.29, 0.717) is 28.1 Å². The molecule has 0 saturated carbocycles. The van der Waals surface area contributed by atoms with E-state index in [0.717, 1.165) is 6.29 Å². The highest BCUT2D eigenvalue weighted by Gasteiger charge is 2.52. The van der Waals surface area contributed by atoms with Crippen molar-refractivity contribution in [3.05, 3.63) is 28.7 Å². The van der Waals surface area contributed by atoms with E-state index in [-0.39, 0.29) is 13.4 Å². The van der Waals surface area contributed by atoms with Crippen LogP contribution in [0.5, 0.6) is 11.5 Å². The smallest absolute Gasteiger partial charge is 0.454 e. The first kappa shape index (κ1) is 17.0. The normalized spacial score (nSPS) is 21.2. The number of rotatable bonds is 4. The Morgan fingerprint density at radius 1 is 1.12 bits per heavy atom. The highest BCUT2D eigenvalue weighted by atomic mass is 16.7. The third kappa shape index (κ3) is 2.83. The molecule has 128 valence electrons. The number of aliphatic hydroxyl groups excluding tert-OH is 1. The summed E-state index contributed by atoms with van der Waals surface area (Å²) in [6.45, 7) is 7.66. The van der Waals surface area contributed by atoms with Gasteiger partial charge in [-0.15, -0.1) is 0 Å². The Morgan fingerprint density at radius 2 is 1.67 bits per heavy atom. The first-order valence-corrected chi connectivity index (χ1v) is 7.83. The first-order valence-electron chi connectivity index (χ1n) is 7.83. The highest BCUT2D eigenvalue weighted by Crippen LogP contribution is 2.39. The lowest BCUT2D eigenvalue weighted by molar-refractivity contribution is 0.00578. The second-order valence-electron chi connectivity index (χ2n) is 6.92. The van der Waals surface area contributed by atoms with Crippen LogP contribution in [0.2, 0.25) is 0 Å². The fourth-order valence-electron chi connectivity index (χ4n) is 2.58. The van der Waals surface area contributed by atoms with Gasteiger partial charge in [-0.2, -0.15) is 0 Å². The monoisotopic (exact) mass is 332 g/mol. The molecule has 3 rings (SSSR count). The van der Waals surface area contributed by atoms with E-state index in [4.69, 9.17) is 18.8 Å². The molecule has 1 aromatic carbocycles. The molecular weight excluding hydrogens is 311 g/mol. The van der Waals surface area contributed by atoms with Gasteiger partial charge < -0.3 is 23.9 Å². The second kappa shape index (κ2) is 5.91. The van der Waals surface area contributed by atoms with Crippen molar-refractivity contribution in [2.24, 2.45) is 0 Å². The molecule has 2 aliphatic heterocycles. The Morgan fingerprint density at radius 3 is 2.17 bits per heavy atom. The molecule has 1 N–H and O–H groups in total. The van der Waals surface area contributed by atoms with Crippen molar-refractivity contribution in [2.75, 3.05) is 13.4 Å². The molecule has 0 spiro atoms. The summed E-state index contributed by atoms with van der Waals surface area (Å²) in [5.41, 5.74) is 0.591. The highest BCUT2D eigenvalue weighted by molar-refractivity contribution is 6.55. The zero-order valence-electron chi connectivity index (χ0n) is 14.3. The van der Waals surface area contributed by atoms with Crippen LogP contribution in [-0.2, 0) is 9.31 Å². The van der Waals surface area contributed by atoms with E-state index < -0.39 is 18.3 Å². The molecule has 0 bridgehead atoms. The molecule has 6 nitrogen and oxygen atoms in total. The van der Waals surface area contributed by atoms with E-state index in [2.05, 4.69) is 0 Å². The lowest BCUT2D eigenvalue weighted by Gasteiger charge is -2.32. The zero-order chi connectivity index (χ0) is 17.5. The fraction of sp³-hybridized carbons (Fsp3) is 0.471. The van der Waals surface area contributed by atoms with Gasteiger partial charge >= 0.3 is 7.12 Å². The van der Waals surface area contributed by atoms with Crippen molar-refractivity contribution >= 4 is 19.5 Å². The Hall–Kier alpha value is -1.83. The second-order valence-corrected chi connectivity index (χ2v) is 6.92. The topological polar surface area (TPSA) is 74.2 Å². The minimum atomic E-state index is -0.676. The summed E-state index contributed by atoms with van der Waals surface area (Å²) in [6.07, 6.45) is 2.45. The van der Waals surface area contributed by atoms with Crippen LogP contribution in [0.4, 0.5) is 0 Å². The molecule has 2 heterocycles. The Labute approximate surface area is 141 Å². The predicted octanol–water partition coefficient (Wildman–Crippen LogP) is 2.23. The van der Waals surface area contributed by atoms with Crippen LogP contribution in [0.1, 0.15) is 43.6 Å². The lowest BCUT2D eigenvalue weighted by atomic mass is 9.77. The minimum absolute atomic E-state index is 0.130. The maximum atomic E-state index is 11.4. The van der Waals surface area contributed by atoms with Crippen LogP contribution >= 0.6 is 0 Å². The third-order valence-electron chi connectivity index (χ3n) is 4.78. The molecule has 0 radical (unpaired) electrons. The van der Waals surface area contributed by atoms with Crippen molar-refractivity contribution < 1.29 is 28.7 Å². The van der Waals surface area contributed by atoms with E-state index in [1.165, 1.54) is 0 Å². The summed E-state index contributed by atoms with van der Waals surface area (Å²) in [5, 5.41) is 9.77. The number of hydrogen-bond acceptors (Lipinski definition) is 6. The van der Waals surface area contributed by atoms with Crippen molar-refractivity contribution in [1.82, 2.24) is 0 Å². The van der Waals surface area contributed by atoms with Crippen molar-refractivity contribution in [2.45, 2.75) is 38.9 Å². The number of fused-ring (bicyclic) bond motifs is 1. The van der Waals surface area contributed by atoms with Gasteiger partial charge in [-0.1, -0.05) is 6.08 Å². The average Bonchev–Trinajstić information content (AvgIpc) is 3.05. The number of aliphatic hydroxyl groups is 1. The third-order valence-corrected chi connectivity index (χ3v) is 4.78. The molecule has 7 heteroatoms. The largest absolute Gasteiger partial charge is 0.492 e. The quantitative estimate of drug-likeness (QED) is 0.673. The Balaban J connectivity index is 1.96. The van der Waals surface area contributed by atoms with Crippen LogP contribution in [0.3, 0.4) is 0 Å².